The number of ether oxygens (including phenoxy) is 1. The first kappa shape index (κ1) is 14.3. The van der Waals surface area contributed by atoms with Gasteiger partial charge in [-0.3, -0.25) is 14.7 Å². The van der Waals surface area contributed by atoms with E-state index in [0.717, 1.165) is 4.47 Å². The molecule has 1 aliphatic rings. The predicted octanol–water partition coefficient (Wildman–Crippen LogP) is 3.56. The average Bonchev–Trinajstić information content (AvgIpc) is 2.44. The second-order valence-corrected chi connectivity index (χ2v) is 5.81. The van der Waals surface area contributed by atoms with Crippen LogP contribution in [0.1, 0.15) is 5.69 Å². The van der Waals surface area contributed by atoms with Gasteiger partial charge in [-0.2, -0.15) is 0 Å². The van der Waals surface area contributed by atoms with Gasteiger partial charge in [-0.25, -0.2) is 4.39 Å². The molecule has 4 nitrogen and oxygen atoms in total. The summed E-state index contributed by atoms with van der Waals surface area (Å²) in [6.45, 7) is -0.0571. The van der Waals surface area contributed by atoms with E-state index in [1.54, 1.807) is 18.2 Å². The van der Waals surface area contributed by atoms with Crippen LogP contribution in [-0.4, -0.2) is 17.5 Å². The zero-order valence-electron chi connectivity index (χ0n) is 10.6. The van der Waals surface area contributed by atoms with E-state index in [9.17, 15) is 9.18 Å². The molecule has 21 heavy (non-hydrogen) atoms. The van der Waals surface area contributed by atoms with Gasteiger partial charge in [-0.1, -0.05) is 27.5 Å². The molecule has 0 spiro atoms. The third kappa shape index (κ3) is 2.87. The van der Waals surface area contributed by atoms with Gasteiger partial charge >= 0.3 is 0 Å². The van der Waals surface area contributed by atoms with Crippen molar-refractivity contribution in [2.24, 2.45) is 0 Å². The summed E-state index contributed by atoms with van der Waals surface area (Å²) in [5.74, 6) is -0.222. The Bertz CT molecular complexity index is 726. The highest BCUT2D eigenvalue weighted by atomic mass is 79.9. The van der Waals surface area contributed by atoms with Crippen molar-refractivity contribution in [2.75, 3.05) is 11.5 Å². The maximum atomic E-state index is 13.8. The lowest BCUT2D eigenvalue weighted by Crippen LogP contribution is -2.38. The second-order valence-electron chi connectivity index (χ2n) is 4.46. The molecule has 0 radical (unpaired) electrons. The number of benzene rings is 1. The fourth-order valence-electron chi connectivity index (χ4n) is 2.06. The molecule has 0 saturated carbocycles. The normalized spacial score (nSPS) is 13.9. The van der Waals surface area contributed by atoms with Gasteiger partial charge < -0.3 is 4.74 Å². The van der Waals surface area contributed by atoms with Gasteiger partial charge in [0.25, 0.3) is 5.91 Å². The van der Waals surface area contributed by atoms with Gasteiger partial charge in [0.15, 0.2) is 6.61 Å². The highest BCUT2D eigenvalue weighted by Gasteiger charge is 2.27. The molecule has 108 valence electrons. The second kappa shape index (κ2) is 5.61. The van der Waals surface area contributed by atoms with Gasteiger partial charge in [0.05, 0.1) is 22.9 Å². The number of rotatable bonds is 2. The summed E-state index contributed by atoms with van der Waals surface area (Å²) in [4.78, 5) is 17.4. The van der Waals surface area contributed by atoms with Gasteiger partial charge in [0, 0.05) is 10.7 Å². The lowest BCUT2D eigenvalue weighted by molar-refractivity contribution is -0.121. The zero-order valence-corrected chi connectivity index (χ0v) is 13.0. The van der Waals surface area contributed by atoms with E-state index in [1.807, 2.05) is 0 Å². The van der Waals surface area contributed by atoms with E-state index in [0.29, 0.717) is 11.4 Å². The third-order valence-electron chi connectivity index (χ3n) is 3.06. The average molecular weight is 372 g/mol. The Labute approximate surface area is 133 Å². The molecule has 1 aromatic carbocycles. The largest absolute Gasteiger partial charge is 0.482 e. The van der Waals surface area contributed by atoms with Crippen molar-refractivity contribution in [3.05, 3.63) is 51.5 Å². The number of amides is 1. The maximum absolute atomic E-state index is 13.8. The smallest absolute Gasteiger partial charge is 0.265 e. The van der Waals surface area contributed by atoms with Crippen LogP contribution in [-0.2, 0) is 11.3 Å². The van der Waals surface area contributed by atoms with Crippen LogP contribution >= 0.6 is 27.5 Å². The van der Waals surface area contributed by atoms with E-state index in [1.165, 1.54) is 17.2 Å². The highest BCUT2D eigenvalue weighted by molar-refractivity contribution is 9.10. The van der Waals surface area contributed by atoms with E-state index in [4.69, 9.17) is 16.3 Å². The molecule has 3 rings (SSSR count). The SMILES string of the molecule is O=C1COc2cc(Br)ccc2N1Cc1ncc(Cl)cc1F. The van der Waals surface area contributed by atoms with E-state index >= 15 is 0 Å². The Morgan fingerprint density at radius 3 is 3.00 bits per heavy atom. The molecular weight excluding hydrogens is 363 g/mol. The molecule has 0 saturated heterocycles. The minimum absolute atomic E-state index is 0.0276. The fraction of sp³-hybridized carbons (Fsp3) is 0.143. The van der Waals surface area contributed by atoms with Crippen molar-refractivity contribution >= 4 is 39.1 Å². The number of pyridine rings is 1. The van der Waals surface area contributed by atoms with Gasteiger partial charge in [0.1, 0.15) is 11.6 Å². The van der Waals surface area contributed by atoms with Crippen LogP contribution < -0.4 is 9.64 Å². The minimum Gasteiger partial charge on any atom is -0.482 e. The van der Waals surface area contributed by atoms with Gasteiger partial charge in [-0.15, -0.1) is 0 Å². The summed E-state index contributed by atoms with van der Waals surface area (Å²) in [5, 5.41) is 0.217. The van der Waals surface area contributed by atoms with Crippen molar-refractivity contribution in [2.45, 2.75) is 6.54 Å². The monoisotopic (exact) mass is 370 g/mol. The molecule has 0 aliphatic carbocycles. The molecule has 0 fully saturated rings. The Hall–Kier alpha value is -1.66. The number of aromatic nitrogens is 1. The summed E-state index contributed by atoms with van der Waals surface area (Å²) < 4.78 is 20.1. The number of hydrogen-bond donors (Lipinski definition) is 0. The summed E-state index contributed by atoms with van der Waals surface area (Å²) in [6, 6.07) is 6.47. The number of hydrogen-bond acceptors (Lipinski definition) is 3. The maximum Gasteiger partial charge on any atom is 0.265 e. The molecule has 7 heteroatoms. The molecule has 0 atom stereocenters. The van der Waals surface area contributed by atoms with Crippen molar-refractivity contribution in [1.29, 1.82) is 0 Å². The van der Waals surface area contributed by atoms with Crippen LogP contribution in [0.25, 0.3) is 0 Å². The fourth-order valence-corrected chi connectivity index (χ4v) is 2.55. The number of carbonyl (C=O) groups is 1. The molecule has 1 aliphatic heterocycles. The summed E-state index contributed by atoms with van der Waals surface area (Å²) in [6.07, 6.45) is 1.35. The Morgan fingerprint density at radius 2 is 2.24 bits per heavy atom. The summed E-state index contributed by atoms with van der Waals surface area (Å²) in [5.41, 5.74) is 0.745. The Morgan fingerprint density at radius 1 is 1.43 bits per heavy atom. The van der Waals surface area contributed by atoms with Crippen molar-refractivity contribution in [3.63, 3.8) is 0 Å². The van der Waals surface area contributed by atoms with E-state index < -0.39 is 5.82 Å². The number of fused-ring (bicyclic) bond motifs is 1. The van der Waals surface area contributed by atoms with E-state index in [2.05, 4.69) is 20.9 Å². The van der Waals surface area contributed by atoms with Gasteiger partial charge in [0.2, 0.25) is 0 Å². The third-order valence-corrected chi connectivity index (χ3v) is 3.76. The standard InChI is InChI=1S/C14H9BrClFN2O2/c15-8-1-2-12-13(3-8)21-7-14(20)19(12)6-11-10(17)4-9(16)5-18-11/h1-5H,6-7H2. The first-order valence-electron chi connectivity index (χ1n) is 6.07. The summed E-state index contributed by atoms with van der Waals surface area (Å²) in [7, 11) is 0. The summed E-state index contributed by atoms with van der Waals surface area (Å²) >= 11 is 9.02. The quantitative estimate of drug-likeness (QED) is 0.810. The molecule has 0 bridgehead atoms. The molecule has 2 aromatic rings. The number of anilines is 1. The minimum atomic E-state index is -0.541. The van der Waals surface area contributed by atoms with Crippen LogP contribution in [0.3, 0.4) is 0 Å². The van der Waals surface area contributed by atoms with Crippen LogP contribution in [0.4, 0.5) is 10.1 Å². The topological polar surface area (TPSA) is 42.4 Å². The lowest BCUT2D eigenvalue weighted by atomic mass is 10.2. The van der Waals surface area contributed by atoms with Crippen molar-refractivity contribution in [3.8, 4) is 5.75 Å². The van der Waals surface area contributed by atoms with Crippen LogP contribution in [0.2, 0.25) is 5.02 Å². The molecule has 1 amide bonds. The van der Waals surface area contributed by atoms with Crippen LogP contribution in [0.15, 0.2) is 34.9 Å². The lowest BCUT2D eigenvalue weighted by Gasteiger charge is -2.29. The van der Waals surface area contributed by atoms with Crippen LogP contribution in [0, 0.1) is 5.82 Å². The molecule has 0 N–H and O–H groups in total. The van der Waals surface area contributed by atoms with E-state index in [-0.39, 0.29) is 29.8 Å². The molecule has 2 heterocycles. The zero-order chi connectivity index (χ0) is 15.0. The van der Waals surface area contributed by atoms with Crippen molar-refractivity contribution < 1.29 is 13.9 Å². The Kier molecular flexibility index (Phi) is 3.82. The number of nitrogens with zero attached hydrogens (tertiary/aromatic N) is 2. The molecular formula is C14H9BrClFN2O2. The first-order chi connectivity index (χ1) is 10.0. The predicted molar refractivity (Wildman–Crippen MR) is 80.0 cm³/mol. The first-order valence-corrected chi connectivity index (χ1v) is 7.24. The molecule has 1 aromatic heterocycles. The number of carbonyl (C=O) groups excluding carboxylic acids is 1. The number of halogens is 3. The Balaban J connectivity index is 1.96. The highest BCUT2D eigenvalue weighted by Crippen LogP contribution is 2.35. The van der Waals surface area contributed by atoms with Crippen LogP contribution in [0.5, 0.6) is 5.75 Å². The van der Waals surface area contributed by atoms with Crippen molar-refractivity contribution in [1.82, 2.24) is 4.98 Å². The van der Waals surface area contributed by atoms with Gasteiger partial charge in [-0.05, 0) is 24.3 Å². The molecule has 0 unspecified atom stereocenters.